The van der Waals surface area contributed by atoms with E-state index in [-0.39, 0.29) is 19.2 Å². The SMILES string of the molecule is CC/C=C\C/C=C\C/C=C\C/C=C\C/C=C\C/C=C\CCCCCOCC(CO)OC(=O)CCCCCCCCCCCCC/C=C\C/C=C\CCCCCCC. The van der Waals surface area contributed by atoms with E-state index < -0.39 is 6.10 Å². The molecular formula is C53H90O4. The van der Waals surface area contributed by atoms with E-state index in [1.807, 2.05) is 0 Å². The molecule has 0 spiro atoms. The number of unbranched alkanes of at least 4 members (excludes halogenated alkanes) is 19. The highest BCUT2D eigenvalue weighted by Crippen LogP contribution is 2.14. The highest BCUT2D eigenvalue weighted by Gasteiger charge is 2.13. The van der Waals surface area contributed by atoms with Crippen molar-refractivity contribution in [2.75, 3.05) is 19.8 Å². The first-order valence-corrected chi connectivity index (χ1v) is 23.8. The lowest BCUT2D eigenvalue weighted by atomic mass is 10.0. The van der Waals surface area contributed by atoms with E-state index in [0.717, 1.165) is 83.5 Å². The van der Waals surface area contributed by atoms with Gasteiger partial charge in [-0.15, -0.1) is 0 Å². The lowest BCUT2D eigenvalue weighted by Gasteiger charge is -2.15. The third-order valence-electron chi connectivity index (χ3n) is 9.89. The Labute approximate surface area is 353 Å². The van der Waals surface area contributed by atoms with Crippen LogP contribution < -0.4 is 0 Å². The minimum Gasteiger partial charge on any atom is -0.457 e. The molecule has 0 bridgehead atoms. The van der Waals surface area contributed by atoms with E-state index in [9.17, 15) is 9.90 Å². The molecule has 4 nitrogen and oxygen atoms in total. The molecule has 0 saturated heterocycles. The second-order valence-corrected chi connectivity index (χ2v) is 15.4. The average Bonchev–Trinajstić information content (AvgIpc) is 3.22. The maximum atomic E-state index is 12.3. The number of hydrogen-bond donors (Lipinski definition) is 1. The average molecular weight is 791 g/mol. The summed E-state index contributed by atoms with van der Waals surface area (Å²) in [6.07, 6.45) is 70.5. The predicted molar refractivity (Wildman–Crippen MR) is 251 cm³/mol. The Hall–Kier alpha value is -2.69. The summed E-state index contributed by atoms with van der Waals surface area (Å²) in [4.78, 5) is 12.3. The van der Waals surface area contributed by atoms with Crippen molar-refractivity contribution in [2.24, 2.45) is 0 Å². The topological polar surface area (TPSA) is 55.8 Å². The van der Waals surface area contributed by atoms with Crippen LogP contribution in [0.25, 0.3) is 0 Å². The molecule has 0 rings (SSSR count). The van der Waals surface area contributed by atoms with E-state index >= 15 is 0 Å². The molecule has 1 unspecified atom stereocenters. The number of esters is 1. The van der Waals surface area contributed by atoms with Gasteiger partial charge < -0.3 is 14.6 Å². The van der Waals surface area contributed by atoms with Gasteiger partial charge in [0.05, 0.1) is 13.2 Å². The first-order valence-electron chi connectivity index (χ1n) is 23.8. The highest BCUT2D eigenvalue weighted by atomic mass is 16.6. The fraction of sp³-hybridized carbons (Fsp3) is 0.679. The summed E-state index contributed by atoms with van der Waals surface area (Å²) < 4.78 is 11.2. The highest BCUT2D eigenvalue weighted by molar-refractivity contribution is 5.69. The molecule has 0 fully saturated rings. The molecule has 0 heterocycles. The quantitative estimate of drug-likeness (QED) is 0.0380. The molecule has 1 atom stereocenters. The molecular weight excluding hydrogens is 701 g/mol. The zero-order chi connectivity index (χ0) is 41.2. The Balaban J connectivity index is 3.53. The number of rotatable bonds is 43. The number of carbonyl (C=O) groups is 1. The van der Waals surface area contributed by atoms with E-state index in [4.69, 9.17) is 9.47 Å². The summed E-state index contributed by atoms with van der Waals surface area (Å²) in [6, 6.07) is 0. The van der Waals surface area contributed by atoms with E-state index in [2.05, 4.69) is 111 Å². The van der Waals surface area contributed by atoms with Crippen molar-refractivity contribution in [2.45, 2.75) is 213 Å². The van der Waals surface area contributed by atoms with Gasteiger partial charge >= 0.3 is 5.97 Å². The van der Waals surface area contributed by atoms with Gasteiger partial charge in [0.2, 0.25) is 0 Å². The van der Waals surface area contributed by atoms with Crippen molar-refractivity contribution < 1.29 is 19.4 Å². The zero-order valence-corrected chi connectivity index (χ0v) is 37.3. The van der Waals surface area contributed by atoms with Gasteiger partial charge in [-0.1, -0.05) is 201 Å². The minimum atomic E-state index is -0.560. The second-order valence-electron chi connectivity index (χ2n) is 15.4. The monoisotopic (exact) mass is 791 g/mol. The van der Waals surface area contributed by atoms with Crippen LogP contribution in [-0.4, -0.2) is 37.0 Å². The lowest BCUT2D eigenvalue weighted by Crippen LogP contribution is -2.27. The number of hydrogen-bond acceptors (Lipinski definition) is 4. The van der Waals surface area contributed by atoms with Gasteiger partial charge in [0, 0.05) is 13.0 Å². The van der Waals surface area contributed by atoms with Crippen LogP contribution in [0.15, 0.2) is 97.2 Å². The van der Waals surface area contributed by atoms with Gasteiger partial charge in [-0.2, -0.15) is 0 Å². The van der Waals surface area contributed by atoms with Crippen molar-refractivity contribution in [1.29, 1.82) is 0 Å². The lowest BCUT2D eigenvalue weighted by molar-refractivity contribution is -0.154. The Morgan fingerprint density at radius 3 is 1.19 bits per heavy atom. The molecule has 0 aliphatic heterocycles. The number of carbonyl (C=O) groups excluding carboxylic acids is 1. The van der Waals surface area contributed by atoms with Crippen molar-refractivity contribution in [3.8, 4) is 0 Å². The molecule has 4 heteroatoms. The van der Waals surface area contributed by atoms with Gasteiger partial charge in [0.15, 0.2) is 0 Å². The maximum Gasteiger partial charge on any atom is 0.306 e. The Morgan fingerprint density at radius 1 is 0.439 bits per heavy atom. The number of ether oxygens (including phenoxy) is 2. The van der Waals surface area contributed by atoms with Gasteiger partial charge in [0.1, 0.15) is 6.10 Å². The van der Waals surface area contributed by atoms with Crippen LogP contribution in [0.4, 0.5) is 0 Å². The van der Waals surface area contributed by atoms with Crippen LogP contribution in [-0.2, 0) is 14.3 Å². The fourth-order valence-electron chi connectivity index (χ4n) is 6.36. The van der Waals surface area contributed by atoms with Crippen molar-refractivity contribution >= 4 is 5.97 Å². The van der Waals surface area contributed by atoms with Gasteiger partial charge in [-0.3, -0.25) is 4.79 Å². The third-order valence-corrected chi connectivity index (χ3v) is 9.89. The van der Waals surface area contributed by atoms with Crippen molar-refractivity contribution in [1.82, 2.24) is 0 Å². The summed E-state index contributed by atoms with van der Waals surface area (Å²) in [6.45, 7) is 5.14. The van der Waals surface area contributed by atoms with Crippen LogP contribution in [0, 0.1) is 0 Å². The van der Waals surface area contributed by atoms with Gasteiger partial charge in [-0.05, 0) is 96.3 Å². The second kappa shape index (κ2) is 49.5. The summed E-state index contributed by atoms with van der Waals surface area (Å²) in [5.41, 5.74) is 0. The Bertz CT molecular complexity index is 1060. The normalized spacial score (nSPS) is 13.2. The summed E-state index contributed by atoms with van der Waals surface area (Å²) >= 11 is 0. The Kier molecular flexibility index (Phi) is 47.1. The summed E-state index contributed by atoms with van der Waals surface area (Å²) in [5, 5.41) is 9.63. The molecule has 0 aromatic carbocycles. The largest absolute Gasteiger partial charge is 0.457 e. The van der Waals surface area contributed by atoms with Crippen LogP contribution in [0.5, 0.6) is 0 Å². The molecule has 0 aromatic rings. The van der Waals surface area contributed by atoms with E-state index in [0.29, 0.717) is 13.0 Å². The van der Waals surface area contributed by atoms with Gasteiger partial charge in [0.25, 0.3) is 0 Å². The minimum absolute atomic E-state index is 0.192. The molecule has 0 saturated carbocycles. The van der Waals surface area contributed by atoms with Crippen LogP contribution in [0.1, 0.15) is 206 Å². The van der Waals surface area contributed by atoms with E-state index in [1.54, 1.807) is 0 Å². The van der Waals surface area contributed by atoms with Crippen molar-refractivity contribution in [3.05, 3.63) is 97.2 Å². The summed E-state index contributed by atoms with van der Waals surface area (Å²) in [5.74, 6) is -0.218. The molecule has 0 aliphatic carbocycles. The first-order chi connectivity index (χ1) is 28.2. The molecule has 0 radical (unpaired) electrons. The van der Waals surface area contributed by atoms with Crippen LogP contribution >= 0.6 is 0 Å². The molecule has 0 aliphatic rings. The van der Waals surface area contributed by atoms with Crippen LogP contribution in [0.3, 0.4) is 0 Å². The molecule has 0 aromatic heterocycles. The van der Waals surface area contributed by atoms with Crippen LogP contribution in [0.2, 0.25) is 0 Å². The zero-order valence-electron chi connectivity index (χ0n) is 37.3. The number of allylic oxidation sites excluding steroid dienone is 16. The standard InChI is InChI=1S/C53H90O4/c1-3-5-7-9-11-13-15-17-19-21-23-25-27-28-30-32-34-36-38-40-42-44-46-48-53(55)57-52(50-54)51-56-49-47-45-43-41-39-37-35-33-31-29-26-24-22-20-18-16-14-12-10-8-6-4-2/h6,8,12,14-15,17-18,20-21,23-24,26,31,33,37,39,52,54H,3-5,7,9-11,13,16,19,22,25,27-30,32,34-36,38,40-51H2,1-2H3/b8-6-,14-12-,17-15-,20-18-,23-21-,26-24-,33-31-,39-37-. The van der Waals surface area contributed by atoms with Gasteiger partial charge in [-0.25, -0.2) is 0 Å². The molecule has 0 amide bonds. The van der Waals surface area contributed by atoms with Crippen molar-refractivity contribution in [3.63, 3.8) is 0 Å². The smallest absolute Gasteiger partial charge is 0.306 e. The fourth-order valence-corrected chi connectivity index (χ4v) is 6.36. The molecule has 326 valence electrons. The number of aliphatic hydroxyl groups is 1. The van der Waals surface area contributed by atoms with E-state index in [1.165, 1.54) is 103 Å². The maximum absolute atomic E-state index is 12.3. The molecule has 1 N–H and O–H groups in total. The summed E-state index contributed by atoms with van der Waals surface area (Å²) in [7, 11) is 0. The third kappa shape index (κ3) is 47.6. The number of aliphatic hydroxyl groups excluding tert-OH is 1. The predicted octanol–water partition coefficient (Wildman–Crippen LogP) is 16.1. The Morgan fingerprint density at radius 2 is 0.789 bits per heavy atom. The first kappa shape index (κ1) is 54.3. The molecule has 57 heavy (non-hydrogen) atoms.